The minimum atomic E-state index is -0.399. The Morgan fingerprint density at radius 3 is 2.67 bits per heavy atom. The molecule has 1 aromatic carbocycles. The van der Waals surface area contributed by atoms with Gasteiger partial charge in [-0.2, -0.15) is 0 Å². The highest BCUT2D eigenvalue weighted by molar-refractivity contribution is 6.06. The third kappa shape index (κ3) is 2.01. The number of furan rings is 1. The monoisotopic (exact) mass is 246 g/mol. The van der Waals surface area contributed by atoms with Crippen LogP contribution < -0.4 is 0 Å². The molecule has 4 nitrogen and oxygen atoms in total. The van der Waals surface area contributed by atoms with E-state index < -0.39 is 5.97 Å². The lowest BCUT2D eigenvalue weighted by atomic mass is 10.1. The molecule has 1 heterocycles. The lowest BCUT2D eigenvalue weighted by Crippen LogP contribution is -2.05. The van der Waals surface area contributed by atoms with Gasteiger partial charge in [-0.1, -0.05) is 6.07 Å². The van der Waals surface area contributed by atoms with E-state index in [2.05, 4.69) is 0 Å². The van der Waals surface area contributed by atoms with E-state index in [9.17, 15) is 9.59 Å². The van der Waals surface area contributed by atoms with Crippen LogP contribution in [-0.4, -0.2) is 18.4 Å². The first kappa shape index (κ1) is 12.4. The van der Waals surface area contributed by atoms with Gasteiger partial charge in [0.15, 0.2) is 5.78 Å². The molecule has 0 fully saturated rings. The Hall–Kier alpha value is -2.10. The van der Waals surface area contributed by atoms with Crippen LogP contribution in [0.3, 0.4) is 0 Å². The molecule has 0 radical (unpaired) electrons. The maximum atomic E-state index is 11.8. The number of hydrogen-bond donors (Lipinski definition) is 0. The van der Waals surface area contributed by atoms with Gasteiger partial charge in [0.1, 0.15) is 16.9 Å². The van der Waals surface area contributed by atoms with Gasteiger partial charge in [-0.05, 0) is 32.9 Å². The molecular weight excluding hydrogens is 232 g/mol. The number of esters is 1. The summed E-state index contributed by atoms with van der Waals surface area (Å²) in [6.45, 7) is 5.27. The number of ether oxygens (including phenoxy) is 1. The van der Waals surface area contributed by atoms with Gasteiger partial charge >= 0.3 is 5.97 Å². The molecule has 0 aliphatic carbocycles. The zero-order valence-electron chi connectivity index (χ0n) is 10.6. The molecule has 2 aromatic rings. The Balaban J connectivity index is 2.59. The molecule has 0 atom stereocenters. The zero-order chi connectivity index (χ0) is 13.3. The van der Waals surface area contributed by atoms with Crippen LogP contribution in [0, 0.1) is 6.92 Å². The van der Waals surface area contributed by atoms with Gasteiger partial charge in [0.2, 0.25) is 0 Å². The summed E-state index contributed by atoms with van der Waals surface area (Å²) < 4.78 is 10.5. The second-order valence-electron chi connectivity index (χ2n) is 4.02. The number of benzene rings is 1. The van der Waals surface area contributed by atoms with Gasteiger partial charge in [-0.15, -0.1) is 0 Å². The minimum absolute atomic E-state index is 0.0383. The maximum absolute atomic E-state index is 11.8. The van der Waals surface area contributed by atoms with Gasteiger partial charge in [-0.25, -0.2) is 4.79 Å². The summed E-state index contributed by atoms with van der Waals surface area (Å²) >= 11 is 0. The lowest BCUT2D eigenvalue weighted by molar-refractivity contribution is 0.0526. The van der Waals surface area contributed by atoms with Crippen LogP contribution >= 0.6 is 0 Å². The molecule has 1 aromatic heterocycles. The molecular formula is C14H14O4. The van der Waals surface area contributed by atoms with Gasteiger partial charge in [0.25, 0.3) is 0 Å². The van der Waals surface area contributed by atoms with Crippen molar-refractivity contribution >= 4 is 22.7 Å². The largest absolute Gasteiger partial charge is 0.462 e. The highest BCUT2D eigenvalue weighted by Crippen LogP contribution is 2.27. The van der Waals surface area contributed by atoms with Crippen molar-refractivity contribution in [2.45, 2.75) is 20.8 Å². The van der Waals surface area contributed by atoms with Crippen molar-refractivity contribution < 1.29 is 18.7 Å². The Kier molecular flexibility index (Phi) is 3.19. The summed E-state index contributed by atoms with van der Waals surface area (Å²) in [5, 5.41) is 0.677. The normalized spacial score (nSPS) is 10.6. The topological polar surface area (TPSA) is 56.5 Å². The first-order valence-corrected chi connectivity index (χ1v) is 5.75. The van der Waals surface area contributed by atoms with E-state index in [1.807, 2.05) is 0 Å². The molecule has 0 spiro atoms. The molecule has 0 unspecified atom stereocenters. The van der Waals surface area contributed by atoms with Crippen LogP contribution in [-0.2, 0) is 4.74 Å². The van der Waals surface area contributed by atoms with Crippen LogP contribution in [0.2, 0.25) is 0 Å². The third-order valence-electron chi connectivity index (χ3n) is 2.75. The Morgan fingerprint density at radius 1 is 1.33 bits per heavy atom. The summed E-state index contributed by atoms with van der Waals surface area (Å²) in [7, 11) is 0. The first-order valence-electron chi connectivity index (χ1n) is 5.75. The van der Waals surface area contributed by atoms with Gasteiger partial charge < -0.3 is 9.15 Å². The fourth-order valence-corrected chi connectivity index (χ4v) is 1.89. The van der Waals surface area contributed by atoms with E-state index in [0.717, 1.165) is 0 Å². The van der Waals surface area contributed by atoms with Crippen molar-refractivity contribution in [3.63, 3.8) is 0 Å². The molecule has 0 aliphatic rings. The Bertz CT molecular complexity index is 622. The van der Waals surface area contributed by atoms with Gasteiger partial charge in [0.05, 0.1) is 6.61 Å². The average molecular weight is 246 g/mol. The molecule has 2 rings (SSSR count). The molecule has 94 valence electrons. The second-order valence-corrected chi connectivity index (χ2v) is 4.02. The zero-order valence-corrected chi connectivity index (χ0v) is 10.6. The number of carbonyl (C=O) groups excluding carboxylic acids is 2. The van der Waals surface area contributed by atoms with E-state index in [1.165, 1.54) is 6.92 Å². The molecule has 0 saturated carbocycles. The van der Waals surface area contributed by atoms with Crippen LogP contribution in [0.1, 0.15) is 40.3 Å². The SMILES string of the molecule is CCOC(=O)c1c(C)oc2cc(C(C)=O)ccc12. The molecule has 0 amide bonds. The Morgan fingerprint density at radius 2 is 2.06 bits per heavy atom. The smallest absolute Gasteiger partial charge is 0.342 e. The molecule has 0 bridgehead atoms. The predicted octanol–water partition coefficient (Wildman–Crippen LogP) is 3.12. The van der Waals surface area contributed by atoms with Crippen molar-refractivity contribution in [1.29, 1.82) is 0 Å². The van der Waals surface area contributed by atoms with Gasteiger partial charge in [-0.3, -0.25) is 4.79 Å². The van der Waals surface area contributed by atoms with E-state index in [0.29, 0.717) is 34.5 Å². The average Bonchev–Trinajstić information content (AvgIpc) is 2.63. The van der Waals surface area contributed by atoms with Crippen LogP contribution in [0.15, 0.2) is 22.6 Å². The second kappa shape index (κ2) is 4.64. The summed E-state index contributed by atoms with van der Waals surface area (Å²) in [5.41, 5.74) is 1.52. The highest BCUT2D eigenvalue weighted by Gasteiger charge is 2.19. The van der Waals surface area contributed by atoms with Crippen LogP contribution in [0.5, 0.6) is 0 Å². The van der Waals surface area contributed by atoms with Crippen LogP contribution in [0.4, 0.5) is 0 Å². The molecule has 18 heavy (non-hydrogen) atoms. The quantitative estimate of drug-likeness (QED) is 0.616. The lowest BCUT2D eigenvalue weighted by Gasteiger charge is -2.00. The van der Waals surface area contributed by atoms with Crippen LogP contribution in [0.25, 0.3) is 11.0 Å². The number of Topliss-reactive ketones (excluding diaryl/α,β-unsaturated/α-hetero) is 1. The molecule has 0 saturated heterocycles. The Labute approximate surface area is 105 Å². The molecule has 0 aliphatic heterocycles. The van der Waals surface area contributed by atoms with Crippen molar-refractivity contribution in [3.8, 4) is 0 Å². The number of rotatable bonds is 3. The van der Waals surface area contributed by atoms with E-state index in [1.54, 1.807) is 32.0 Å². The molecule has 0 N–H and O–H groups in total. The minimum Gasteiger partial charge on any atom is -0.462 e. The van der Waals surface area contributed by atoms with E-state index in [4.69, 9.17) is 9.15 Å². The summed E-state index contributed by atoms with van der Waals surface area (Å²) in [4.78, 5) is 23.1. The number of aryl methyl sites for hydroxylation is 1. The standard InChI is InChI=1S/C14H14O4/c1-4-17-14(16)13-9(3)18-12-7-10(8(2)15)5-6-11(12)13/h5-7H,4H2,1-3H3. The van der Waals surface area contributed by atoms with E-state index >= 15 is 0 Å². The third-order valence-corrected chi connectivity index (χ3v) is 2.75. The molecule has 4 heteroatoms. The summed E-state index contributed by atoms with van der Waals surface area (Å²) in [6, 6.07) is 5.05. The number of ketones is 1. The number of carbonyl (C=O) groups is 2. The van der Waals surface area contributed by atoms with Crippen molar-refractivity contribution in [3.05, 3.63) is 35.1 Å². The highest BCUT2D eigenvalue weighted by atomic mass is 16.5. The number of fused-ring (bicyclic) bond motifs is 1. The maximum Gasteiger partial charge on any atom is 0.342 e. The van der Waals surface area contributed by atoms with Crippen molar-refractivity contribution in [2.24, 2.45) is 0 Å². The van der Waals surface area contributed by atoms with E-state index in [-0.39, 0.29) is 5.78 Å². The summed E-state index contributed by atoms with van der Waals surface area (Å²) in [6.07, 6.45) is 0. The first-order chi connectivity index (χ1) is 8.54. The van der Waals surface area contributed by atoms with Crippen molar-refractivity contribution in [1.82, 2.24) is 0 Å². The fourth-order valence-electron chi connectivity index (χ4n) is 1.89. The van der Waals surface area contributed by atoms with Gasteiger partial charge in [0, 0.05) is 10.9 Å². The van der Waals surface area contributed by atoms with Crippen molar-refractivity contribution in [2.75, 3.05) is 6.61 Å². The number of hydrogen-bond acceptors (Lipinski definition) is 4. The predicted molar refractivity (Wildman–Crippen MR) is 66.9 cm³/mol. The summed E-state index contributed by atoms with van der Waals surface area (Å²) in [5.74, 6) is 0.0668. The fraction of sp³-hybridized carbons (Fsp3) is 0.286.